The number of ether oxygens (including phenoxy) is 4. The van der Waals surface area contributed by atoms with Gasteiger partial charge in [0, 0.05) is 24.3 Å². The van der Waals surface area contributed by atoms with Gasteiger partial charge < -0.3 is 43.8 Å². The third-order valence-electron chi connectivity index (χ3n) is 6.61. The van der Waals surface area contributed by atoms with Crippen LogP contribution in [-0.4, -0.2) is 60.1 Å². The number of aromatic hydroxyl groups is 2. The van der Waals surface area contributed by atoms with Gasteiger partial charge in [0.05, 0.1) is 26.4 Å². The fourth-order valence-electron chi connectivity index (χ4n) is 4.68. The number of fused-ring (bicyclic) bond motifs is 2. The molecule has 0 fully saturated rings. The van der Waals surface area contributed by atoms with Crippen molar-refractivity contribution < 1.29 is 43.8 Å². The standard InChI is InChI=1S/C28H32O10/c1-13(12-29)7-8-14-9-15(10-16-22(14)38-27(24(16)34-4)28(2,3)33)23-26(36-6)21(32)19-18(37-23)11-17(30)25(35-5)20(19)31/h7,9-11,24,27,29-31,33H,8,12H2,1-6H3/b13-7-/t24-,27-/m0/s1. The van der Waals surface area contributed by atoms with Gasteiger partial charge in [0.2, 0.25) is 16.9 Å². The fourth-order valence-corrected chi connectivity index (χ4v) is 4.68. The molecule has 2 aromatic carbocycles. The molecule has 0 unspecified atom stereocenters. The highest BCUT2D eigenvalue weighted by molar-refractivity contribution is 5.91. The molecule has 0 amide bonds. The lowest BCUT2D eigenvalue weighted by Gasteiger charge is -2.29. The number of benzene rings is 2. The number of phenols is 2. The molecule has 0 radical (unpaired) electrons. The van der Waals surface area contributed by atoms with Crippen LogP contribution < -0.4 is 19.6 Å². The second-order valence-electron chi connectivity index (χ2n) is 9.76. The first-order valence-corrected chi connectivity index (χ1v) is 12.0. The zero-order valence-electron chi connectivity index (χ0n) is 22.1. The van der Waals surface area contributed by atoms with Gasteiger partial charge in [-0.15, -0.1) is 0 Å². The van der Waals surface area contributed by atoms with E-state index >= 15 is 0 Å². The van der Waals surface area contributed by atoms with E-state index in [0.717, 1.165) is 5.57 Å². The van der Waals surface area contributed by atoms with Gasteiger partial charge in [0.25, 0.3) is 0 Å². The molecule has 2 atom stereocenters. The van der Waals surface area contributed by atoms with Gasteiger partial charge in [-0.05, 0) is 44.9 Å². The Bertz CT molecular complexity index is 1460. The number of phenolic OH excluding ortho intramolecular Hbond substituents is 2. The molecule has 0 aliphatic carbocycles. The monoisotopic (exact) mass is 528 g/mol. The van der Waals surface area contributed by atoms with E-state index < -0.39 is 34.7 Å². The molecule has 1 aliphatic heterocycles. The lowest BCUT2D eigenvalue weighted by atomic mass is 9.92. The summed E-state index contributed by atoms with van der Waals surface area (Å²) in [5.41, 5.74) is 0.549. The first kappa shape index (κ1) is 27.3. The Morgan fingerprint density at radius 3 is 2.37 bits per heavy atom. The number of hydrogen-bond acceptors (Lipinski definition) is 10. The minimum atomic E-state index is -1.24. The van der Waals surface area contributed by atoms with Crippen LogP contribution in [0, 0.1) is 0 Å². The molecule has 204 valence electrons. The molecule has 0 saturated heterocycles. The van der Waals surface area contributed by atoms with E-state index in [1.807, 2.05) is 6.08 Å². The predicted octanol–water partition coefficient (Wildman–Crippen LogP) is 3.59. The van der Waals surface area contributed by atoms with Gasteiger partial charge in [-0.1, -0.05) is 11.6 Å². The Morgan fingerprint density at radius 1 is 1.11 bits per heavy atom. The molecule has 1 aromatic heterocycles. The molecule has 0 spiro atoms. The second kappa shape index (κ2) is 10.2. The Hall–Kier alpha value is -3.73. The van der Waals surface area contributed by atoms with Crippen LogP contribution in [0.1, 0.15) is 38.0 Å². The molecule has 0 bridgehead atoms. The average Bonchev–Trinajstić information content (AvgIpc) is 3.26. The molecule has 10 nitrogen and oxygen atoms in total. The summed E-state index contributed by atoms with van der Waals surface area (Å²) in [6.07, 6.45) is 0.864. The zero-order valence-corrected chi connectivity index (χ0v) is 22.1. The molecule has 1 aliphatic rings. The minimum Gasteiger partial charge on any atom is -0.504 e. The highest BCUT2D eigenvalue weighted by Crippen LogP contribution is 2.48. The molecule has 4 rings (SSSR count). The van der Waals surface area contributed by atoms with E-state index in [9.17, 15) is 25.2 Å². The quantitative estimate of drug-likeness (QED) is 0.320. The van der Waals surface area contributed by atoms with Gasteiger partial charge in [-0.2, -0.15) is 0 Å². The third kappa shape index (κ3) is 4.55. The van der Waals surface area contributed by atoms with Crippen molar-refractivity contribution in [2.75, 3.05) is 27.9 Å². The summed E-state index contributed by atoms with van der Waals surface area (Å²) in [6, 6.07) is 4.68. The Labute approximate surface area is 219 Å². The van der Waals surface area contributed by atoms with Crippen molar-refractivity contribution in [1.82, 2.24) is 0 Å². The van der Waals surface area contributed by atoms with E-state index in [2.05, 4.69) is 0 Å². The van der Waals surface area contributed by atoms with E-state index in [4.69, 9.17) is 23.4 Å². The van der Waals surface area contributed by atoms with Crippen LogP contribution >= 0.6 is 0 Å². The van der Waals surface area contributed by atoms with Crippen LogP contribution in [0.5, 0.6) is 28.7 Å². The zero-order chi connectivity index (χ0) is 27.9. The van der Waals surface area contributed by atoms with Crippen molar-refractivity contribution in [2.24, 2.45) is 0 Å². The van der Waals surface area contributed by atoms with Gasteiger partial charge >= 0.3 is 0 Å². The molecule has 0 saturated carbocycles. The van der Waals surface area contributed by atoms with Crippen LogP contribution in [0.25, 0.3) is 22.3 Å². The number of methoxy groups -OCH3 is 3. The lowest BCUT2D eigenvalue weighted by Crippen LogP contribution is -2.42. The van der Waals surface area contributed by atoms with E-state index in [1.165, 1.54) is 27.4 Å². The van der Waals surface area contributed by atoms with E-state index in [-0.39, 0.29) is 34.8 Å². The summed E-state index contributed by atoms with van der Waals surface area (Å²) in [5, 5.41) is 40.9. The highest BCUT2D eigenvalue weighted by atomic mass is 16.6. The SMILES string of the molecule is COc1c(O)cc2oc(-c3cc(C/C=C(/C)CO)c4c(c3)[C@H](OC)[C@@H](C(C)(C)O)O4)c(OC)c(=O)c2c1O. The number of rotatable bonds is 8. The van der Waals surface area contributed by atoms with E-state index in [0.29, 0.717) is 28.9 Å². The van der Waals surface area contributed by atoms with Crippen molar-refractivity contribution in [3.63, 3.8) is 0 Å². The van der Waals surface area contributed by atoms with Crippen LogP contribution in [0.4, 0.5) is 0 Å². The third-order valence-corrected chi connectivity index (χ3v) is 6.61. The Balaban J connectivity index is 2.01. The van der Waals surface area contributed by atoms with Crippen molar-refractivity contribution in [1.29, 1.82) is 0 Å². The summed E-state index contributed by atoms with van der Waals surface area (Å²) in [4.78, 5) is 13.4. The molecule has 2 heterocycles. The first-order chi connectivity index (χ1) is 18.0. The Kier molecular flexibility index (Phi) is 7.33. The maximum absolute atomic E-state index is 13.4. The van der Waals surface area contributed by atoms with Crippen LogP contribution in [-0.2, 0) is 11.2 Å². The van der Waals surface area contributed by atoms with Crippen molar-refractivity contribution in [2.45, 2.75) is 45.0 Å². The highest BCUT2D eigenvalue weighted by Gasteiger charge is 2.45. The second-order valence-corrected chi connectivity index (χ2v) is 9.76. The molecule has 10 heteroatoms. The summed E-state index contributed by atoms with van der Waals surface area (Å²) >= 11 is 0. The molecular weight excluding hydrogens is 496 g/mol. The van der Waals surface area contributed by atoms with Gasteiger partial charge in [-0.3, -0.25) is 4.79 Å². The van der Waals surface area contributed by atoms with Gasteiger partial charge in [0.15, 0.2) is 23.4 Å². The van der Waals surface area contributed by atoms with Crippen LogP contribution in [0.2, 0.25) is 0 Å². The normalized spacial score (nSPS) is 17.4. The van der Waals surface area contributed by atoms with E-state index in [1.54, 1.807) is 32.9 Å². The maximum atomic E-state index is 13.4. The van der Waals surface area contributed by atoms with Gasteiger partial charge in [-0.25, -0.2) is 0 Å². The number of aliphatic hydroxyl groups excluding tert-OH is 1. The summed E-state index contributed by atoms with van der Waals surface area (Å²) in [7, 11) is 4.07. The topological polar surface area (TPSA) is 148 Å². The van der Waals surface area contributed by atoms with Gasteiger partial charge in [0.1, 0.15) is 22.8 Å². The largest absolute Gasteiger partial charge is 0.504 e. The number of allylic oxidation sites excluding steroid dienone is 1. The fraction of sp³-hybridized carbons (Fsp3) is 0.393. The first-order valence-electron chi connectivity index (χ1n) is 12.0. The lowest BCUT2D eigenvalue weighted by molar-refractivity contribution is -0.0883. The average molecular weight is 529 g/mol. The molecule has 38 heavy (non-hydrogen) atoms. The van der Waals surface area contributed by atoms with Crippen LogP contribution in [0.3, 0.4) is 0 Å². The summed E-state index contributed by atoms with van der Waals surface area (Å²) < 4.78 is 28.4. The molecular formula is C28H32O10. The number of hydrogen-bond donors (Lipinski definition) is 4. The minimum absolute atomic E-state index is 0.0578. The molecule has 3 aromatic rings. The molecule has 4 N–H and O–H groups in total. The van der Waals surface area contributed by atoms with Crippen LogP contribution in [0.15, 0.2) is 39.1 Å². The number of aliphatic hydroxyl groups is 2. The van der Waals surface area contributed by atoms with Crippen molar-refractivity contribution in [3.8, 4) is 40.1 Å². The predicted molar refractivity (Wildman–Crippen MR) is 139 cm³/mol. The Morgan fingerprint density at radius 2 is 1.79 bits per heavy atom. The van der Waals surface area contributed by atoms with Crippen molar-refractivity contribution >= 4 is 11.0 Å². The van der Waals surface area contributed by atoms with Crippen molar-refractivity contribution in [3.05, 3.63) is 51.2 Å². The smallest absolute Gasteiger partial charge is 0.239 e. The summed E-state index contributed by atoms with van der Waals surface area (Å²) in [6.45, 7) is 4.94. The summed E-state index contributed by atoms with van der Waals surface area (Å²) in [5.74, 6) is -0.818. The maximum Gasteiger partial charge on any atom is 0.239 e.